The first-order valence-electron chi connectivity index (χ1n) is 6.88. The van der Waals surface area contributed by atoms with Gasteiger partial charge in [-0.05, 0) is 37.4 Å². The molecule has 2 atom stereocenters. The van der Waals surface area contributed by atoms with Crippen LogP contribution in [0.3, 0.4) is 0 Å². The standard InChI is InChI=1S/C14H22N2O/c1-2-12-5-6-13(17-12)9-16-8-11-4-3-7-15-14(11)10-16/h5-6,11,14-15H,2-4,7-10H2,1H3/t11-,14+/m0/s1. The lowest BCUT2D eigenvalue weighted by Crippen LogP contribution is -2.40. The predicted octanol–water partition coefficient (Wildman–Crippen LogP) is 2.03. The highest BCUT2D eigenvalue weighted by Crippen LogP contribution is 2.26. The summed E-state index contributed by atoms with van der Waals surface area (Å²) in [7, 11) is 0. The smallest absolute Gasteiger partial charge is 0.118 e. The van der Waals surface area contributed by atoms with Gasteiger partial charge < -0.3 is 9.73 Å². The molecule has 0 unspecified atom stereocenters. The zero-order valence-corrected chi connectivity index (χ0v) is 10.6. The lowest BCUT2D eigenvalue weighted by atomic mass is 9.94. The minimum atomic E-state index is 0.726. The maximum atomic E-state index is 5.79. The van der Waals surface area contributed by atoms with Crippen molar-refractivity contribution in [2.75, 3.05) is 19.6 Å². The van der Waals surface area contributed by atoms with Crippen LogP contribution in [0.25, 0.3) is 0 Å². The van der Waals surface area contributed by atoms with E-state index in [0.717, 1.165) is 36.4 Å². The Hall–Kier alpha value is -0.800. The summed E-state index contributed by atoms with van der Waals surface area (Å²) in [6, 6.07) is 4.97. The molecular weight excluding hydrogens is 212 g/mol. The second-order valence-electron chi connectivity index (χ2n) is 5.38. The lowest BCUT2D eigenvalue weighted by molar-refractivity contribution is 0.281. The van der Waals surface area contributed by atoms with Gasteiger partial charge in [0, 0.05) is 25.6 Å². The highest BCUT2D eigenvalue weighted by molar-refractivity contribution is 5.07. The number of aryl methyl sites for hydroxylation is 1. The van der Waals surface area contributed by atoms with Crippen LogP contribution in [-0.2, 0) is 13.0 Å². The normalized spacial score (nSPS) is 29.5. The van der Waals surface area contributed by atoms with Gasteiger partial charge in [-0.15, -0.1) is 0 Å². The maximum Gasteiger partial charge on any atom is 0.118 e. The number of nitrogens with one attached hydrogen (secondary N) is 1. The van der Waals surface area contributed by atoms with Gasteiger partial charge >= 0.3 is 0 Å². The predicted molar refractivity (Wildman–Crippen MR) is 67.9 cm³/mol. The van der Waals surface area contributed by atoms with E-state index in [-0.39, 0.29) is 0 Å². The second kappa shape index (κ2) is 4.83. The number of rotatable bonds is 3. The Kier molecular flexibility index (Phi) is 3.21. The Labute approximate surface area is 103 Å². The molecule has 0 aliphatic carbocycles. The van der Waals surface area contributed by atoms with E-state index in [1.807, 2.05) is 0 Å². The van der Waals surface area contributed by atoms with Crippen LogP contribution in [0.5, 0.6) is 0 Å². The van der Waals surface area contributed by atoms with Gasteiger partial charge in [0.2, 0.25) is 0 Å². The fraction of sp³-hybridized carbons (Fsp3) is 0.714. The largest absolute Gasteiger partial charge is 0.465 e. The highest BCUT2D eigenvalue weighted by atomic mass is 16.3. The van der Waals surface area contributed by atoms with Gasteiger partial charge in [0.05, 0.1) is 6.54 Å². The molecule has 2 aliphatic heterocycles. The molecule has 1 N–H and O–H groups in total. The van der Waals surface area contributed by atoms with Crippen molar-refractivity contribution in [3.05, 3.63) is 23.7 Å². The number of hydrogen-bond donors (Lipinski definition) is 1. The molecule has 94 valence electrons. The summed E-state index contributed by atoms with van der Waals surface area (Å²) in [6.45, 7) is 6.74. The molecule has 0 amide bonds. The van der Waals surface area contributed by atoms with Gasteiger partial charge in [0.15, 0.2) is 0 Å². The van der Waals surface area contributed by atoms with Crippen LogP contribution in [0.2, 0.25) is 0 Å². The summed E-state index contributed by atoms with van der Waals surface area (Å²) in [5, 5.41) is 3.64. The van der Waals surface area contributed by atoms with Crippen molar-refractivity contribution in [1.82, 2.24) is 10.2 Å². The highest BCUT2D eigenvalue weighted by Gasteiger charge is 2.34. The number of hydrogen-bond acceptors (Lipinski definition) is 3. The van der Waals surface area contributed by atoms with Crippen molar-refractivity contribution in [3.63, 3.8) is 0 Å². The van der Waals surface area contributed by atoms with E-state index in [1.54, 1.807) is 0 Å². The van der Waals surface area contributed by atoms with E-state index in [9.17, 15) is 0 Å². The second-order valence-corrected chi connectivity index (χ2v) is 5.38. The van der Waals surface area contributed by atoms with Crippen LogP contribution in [0.4, 0.5) is 0 Å². The third kappa shape index (κ3) is 2.40. The number of likely N-dealkylation sites (tertiary alicyclic amines) is 1. The molecule has 0 radical (unpaired) electrons. The average Bonchev–Trinajstić information content (AvgIpc) is 2.94. The van der Waals surface area contributed by atoms with Gasteiger partial charge in [0.25, 0.3) is 0 Å². The van der Waals surface area contributed by atoms with Crippen LogP contribution in [0.1, 0.15) is 31.3 Å². The number of nitrogens with zero attached hydrogens (tertiary/aromatic N) is 1. The quantitative estimate of drug-likeness (QED) is 0.867. The van der Waals surface area contributed by atoms with Crippen molar-refractivity contribution in [2.24, 2.45) is 5.92 Å². The SMILES string of the molecule is CCc1ccc(CN2C[C@@H]3CCCN[C@@H]3C2)o1. The molecule has 3 rings (SSSR count). The third-order valence-electron chi connectivity index (χ3n) is 4.12. The van der Waals surface area contributed by atoms with Crippen molar-refractivity contribution in [2.45, 2.75) is 38.8 Å². The van der Waals surface area contributed by atoms with Crippen LogP contribution in [-0.4, -0.2) is 30.6 Å². The van der Waals surface area contributed by atoms with E-state index in [4.69, 9.17) is 4.42 Å². The Bertz CT molecular complexity index is 360. The molecule has 0 aromatic carbocycles. The Morgan fingerprint density at radius 1 is 1.35 bits per heavy atom. The summed E-state index contributed by atoms with van der Waals surface area (Å²) in [6.07, 6.45) is 3.73. The van der Waals surface area contributed by atoms with Gasteiger partial charge in [-0.3, -0.25) is 4.90 Å². The van der Waals surface area contributed by atoms with Crippen molar-refractivity contribution in [1.29, 1.82) is 0 Å². The Morgan fingerprint density at radius 2 is 2.24 bits per heavy atom. The van der Waals surface area contributed by atoms with Crippen LogP contribution in [0.15, 0.2) is 16.5 Å². The van der Waals surface area contributed by atoms with Gasteiger partial charge in [-0.1, -0.05) is 6.92 Å². The number of fused-ring (bicyclic) bond motifs is 1. The molecular formula is C14H22N2O. The zero-order valence-electron chi connectivity index (χ0n) is 10.6. The monoisotopic (exact) mass is 234 g/mol. The summed E-state index contributed by atoms with van der Waals surface area (Å²) in [4.78, 5) is 2.53. The van der Waals surface area contributed by atoms with Gasteiger partial charge in [-0.25, -0.2) is 0 Å². The summed E-state index contributed by atoms with van der Waals surface area (Å²) in [5.74, 6) is 3.10. The van der Waals surface area contributed by atoms with E-state index >= 15 is 0 Å². The number of piperidine rings is 1. The van der Waals surface area contributed by atoms with Crippen molar-refractivity contribution < 1.29 is 4.42 Å². The molecule has 0 spiro atoms. The topological polar surface area (TPSA) is 28.4 Å². The van der Waals surface area contributed by atoms with E-state index in [0.29, 0.717) is 0 Å². The molecule has 1 aromatic rings. The summed E-state index contributed by atoms with van der Waals surface area (Å²) < 4.78 is 5.79. The molecule has 1 aromatic heterocycles. The molecule has 0 saturated carbocycles. The average molecular weight is 234 g/mol. The molecule has 17 heavy (non-hydrogen) atoms. The van der Waals surface area contributed by atoms with Crippen LogP contribution < -0.4 is 5.32 Å². The Morgan fingerprint density at radius 3 is 3.00 bits per heavy atom. The summed E-state index contributed by atoms with van der Waals surface area (Å²) >= 11 is 0. The molecule has 3 heteroatoms. The van der Waals surface area contributed by atoms with Crippen LogP contribution >= 0.6 is 0 Å². The first kappa shape index (κ1) is 11.3. The molecule has 0 bridgehead atoms. The minimum absolute atomic E-state index is 0.726. The molecule has 3 heterocycles. The van der Waals surface area contributed by atoms with E-state index in [2.05, 4.69) is 29.3 Å². The molecule has 2 saturated heterocycles. The first-order valence-corrected chi connectivity index (χ1v) is 6.88. The van der Waals surface area contributed by atoms with Crippen molar-refractivity contribution in [3.8, 4) is 0 Å². The van der Waals surface area contributed by atoms with Crippen LogP contribution in [0, 0.1) is 5.92 Å². The lowest BCUT2D eigenvalue weighted by Gasteiger charge is -2.24. The molecule has 3 nitrogen and oxygen atoms in total. The maximum absolute atomic E-state index is 5.79. The minimum Gasteiger partial charge on any atom is -0.465 e. The summed E-state index contributed by atoms with van der Waals surface area (Å²) in [5.41, 5.74) is 0. The van der Waals surface area contributed by atoms with Gasteiger partial charge in [0.1, 0.15) is 11.5 Å². The fourth-order valence-corrected chi connectivity index (χ4v) is 3.18. The zero-order chi connectivity index (χ0) is 11.7. The number of furan rings is 1. The van der Waals surface area contributed by atoms with Crippen molar-refractivity contribution >= 4 is 0 Å². The first-order chi connectivity index (χ1) is 8.35. The molecule has 2 aliphatic rings. The third-order valence-corrected chi connectivity index (χ3v) is 4.12. The Balaban J connectivity index is 1.59. The van der Waals surface area contributed by atoms with E-state index < -0.39 is 0 Å². The van der Waals surface area contributed by atoms with E-state index in [1.165, 1.54) is 32.5 Å². The fourth-order valence-electron chi connectivity index (χ4n) is 3.18. The van der Waals surface area contributed by atoms with Gasteiger partial charge in [-0.2, -0.15) is 0 Å². The molecule has 2 fully saturated rings.